The van der Waals surface area contributed by atoms with Gasteiger partial charge in [0.1, 0.15) is 29.7 Å². The number of benzene rings is 4. The highest BCUT2D eigenvalue weighted by Crippen LogP contribution is 2.42. The largest absolute Gasteiger partial charge is 0.415 e. The molecule has 7 amide bonds. The van der Waals surface area contributed by atoms with Crippen molar-refractivity contribution in [1.29, 1.82) is 0 Å². The van der Waals surface area contributed by atoms with Crippen LogP contribution in [0.25, 0.3) is 0 Å². The molecule has 3 aliphatic rings. The highest BCUT2D eigenvalue weighted by atomic mass is 28.4. The molecule has 0 spiro atoms. The minimum Gasteiger partial charge on any atom is -0.415 e. The van der Waals surface area contributed by atoms with E-state index in [2.05, 4.69) is 65.8 Å². The van der Waals surface area contributed by atoms with Gasteiger partial charge >= 0.3 is 0 Å². The molecule has 16 nitrogen and oxygen atoms in total. The van der Waals surface area contributed by atoms with E-state index in [1.807, 2.05) is 147 Å². The molecule has 4 aromatic rings. The van der Waals surface area contributed by atoms with E-state index in [1.165, 1.54) is 6.92 Å². The second-order valence-corrected chi connectivity index (χ2v) is 27.2. The number of hydrogen-bond donors (Lipinski definition) is 6. The highest BCUT2D eigenvalue weighted by molar-refractivity contribution is 6.74. The number of hydrogen-bond acceptors (Lipinski definition) is 9. The molecule has 0 aliphatic carbocycles. The monoisotopic (exact) mass is 1030 g/mol. The van der Waals surface area contributed by atoms with Crippen LogP contribution in [0.3, 0.4) is 0 Å². The molecule has 4 aromatic carbocycles. The standard InChI is InChI=1S/C57H74N8O8Si/c1-37-54(72)65-45(36-73-74(8,9)56(5,6)7)48(65)49(53(71)63-55(2,3)4)64-32-22-31-44(64)52(70)61-42(33-38-23-14-10-15-24-38)50(68)58-35-47(67)60-43(51(69)59-37)34-46(66)62-57(39-25-16-11-17-26-39,40-27-18-12-19-28-40)41-29-20-13-21-30-41/h10-21,23-30,37,42-45,48-49H,22,31-36H2,1-9H3,(H,58,68)(H,59,69)(H,60,67)(H,61,70)(H,62,66)(H,63,71)/t37-,42-,43-,44-,45+,48-,49+,65?/m0/s1. The molecule has 6 N–H and O–H groups in total. The molecule has 0 bridgehead atoms. The predicted octanol–water partition coefficient (Wildman–Crippen LogP) is 4.68. The third-order valence-corrected chi connectivity index (χ3v) is 19.3. The Kier molecular flexibility index (Phi) is 17.0. The average Bonchev–Trinajstić information content (AvgIpc) is 3.84. The lowest BCUT2D eigenvalue weighted by Gasteiger charge is -2.37. The Bertz CT molecular complexity index is 2550. The number of carbonyl (C=O) groups excluding carboxylic acids is 7. The van der Waals surface area contributed by atoms with Crippen LogP contribution in [0.1, 0.15) is 90.0 Å². The third-order valence-electron chi connectivity index (χ3n) is 14.8. The quantitative estimate of drug-likeness (QED) is 0.0661. The Morgan fingerprint density at radius 2 is 1.23 bits per heavy atom. The van der Waals surface area contributed by atoms with E-state index in [0.29, 0.717) is 19.4 Å². The number of nitrogens with one attached hydrogen (secondary N) is 6. The van der Waals surface area contributed by atoms with Gasteiger partial charge in [0, 0.05) is 12.0 Å². The van der Waals surface area contributed by atoms with Gasteiger partial charge in [0.25, 0.3) is 0 Å². The number of carbonyl (C=O) groups is 7. The summed E-state index contributed by atoms with van der Waals surface area (Å²) in [5, 5.41) is 17.3. The summed E-state index contributed by atoms with van der Waals surface area (Å²) in [6.45, 7) is 17.5. The molecule has 74 heavy (non-hydrogen) atoms. The fourth-order valence-corrected chi connectivity index (χ4v) is 10.9. The first-order valence-corrected chi connectivity index (χ1v) is 28.6. The zero-order valence-corrected chi connectivity index (χ0v) is 45.2. The van der Waals surface area contributed by atoms with Gasteiger partial charge in [-0.2, -0.15) is 0 Å². The summed E-state index contributed by atoms with van der Waals surface area (Å²) in [7, 11) is -2.42. The molecule has 3 aliphatic heterocycles. The van der Waals surface area contributed by atoms with Crippen LogP contribution >= 0.6 is 0 Å². The number of nitrogens with zero attached hydrogens (tertiary/aromatic N) is 2. The minimum absolute atomic E-state index is 0.0769. The molecule has 7 rings (SSSR count). The van der Waals surface area contributed by atoms with Crippen LogP contribution in [0.15, 0.2) is 121 Å². The van der Waals surface area contributed by atoms with Crippen molar-refractivity contribution in [2.24, 2.45) is 0 Å². The summed E-state index contributed by atoms with van der Waals surface area (Å²) in [4.78, 5) is 106. The van der Waals surface area contributed by atoms with Crippen LogP contribution in [0.4, 0.5) is 0 Å². The van der Waals surface area contributed by atoms with Crippen LogP contribution < -0.4 is 31.9 Å². The summed E-state index contributed by atoms with van der Waals surface area (Å²) in [6.07, 6.45) is 0.439. The molecule has 0 aromatic heterocycles. The van der Waals surface area contributed by atoms with Crippen molar-refractivity contribution in [3.63, 3.8) is 0 Å². The molecule has 17 heteroatoms. The lowest BCUT2D eigenvalue weighted by molar-refractivity contribution is -0.137. The van der Waals surface area contributed by atoms with Gasteiger partial charge in [0.05, 0.1) is 37.7 Å². The van der Waals surface area contributed by atoms with E-state index in [4.69, 9.17) is 4.43 Å². The van der Waals surface area contributed by atoms with Crippen molar-refractivity contribution >= 4 is 49.7 Å². The number of rotatable bonds is 12. The van der Waals surface area contributed by atoms with Gasteiger partial charge in [-0.25, -0.2) is 0 Å². The van der Waals surface area contributed by atoms with Gasteiger partial charge in [-0.05, 0) is 87.5 Å². The number of fused-ring (bicyclic) bond motifs is 2. The fraction of sp³-hybridized carbons (Fsp3) is 0.456. The second kappa shape index (κ2) is 22.8. The lowest BCUT2D eigenvalue weighted by atomic mass is 9.77. The van der Waals surface area contributed by atoms with Gasteiger partial charge in [-0.3, -0.25) is 38.5 Å². The second-order valence-electron chi connectivity index (χ2n) is 22.4. The Labute approximate surface area is 436 Å². The number of amides is 7. The molecule has 3 heterocycles. The smallest absolute Gasteiger partial charge is 0.245 e. The van der Waals surface area contributed by atoms with Crippen molar-refractivity contribution < 1.29 is 38.0 Å². The van der Waals surface area contributed by atoms with Crippen LogP contribution in [0, 0.1) is 0 Å². The van der Waals surface area contributed by atoms with Crippen LogP contribution in [0.2, 0.25) is 18.1 Å². The van der Waals surface area contributed by atoms with Crippen molar-refractivity contribution in [3.8, 4) is 0 Å². The topological polar surface area (TPSA) is 207 Å². The third kappa shape index (κ3) is 12.8. The van der Waals surface area contributed by atoms with E-state index < -0.39 is 110 Å². The maximum Gasteiger partial charge on any atom is 0.245 e. The molecular formula is C57H74N8O8Si. The summed E-state index contributed by atoms with van der Waals surface area (Å²) in [5.74, 6) is -4.25. The van der Waals surface area contributed by atoms with Crippen LogP contribution in [0.5, 0.6) is 0 Å². The van der Waals surface area contributed by atoms with Gasteiger partial charge in [0.15, 0.2) is 8.32 Å². The predicted molar refractivity (Wildman–Crippen MR) is 286 cm³/mol. The molecule has 7 atom stereocenters. The zero-order valence-electron chi connectivity index (χ0n) is 44.2. The average molecular weight is 1030 g/mol. The van der Waals surface area contributed by atoms with E-state index >= 15 is 0 Å². The van der Waals surface area contributed by atoms with Gasteiger partial charge in [0.2, 0.25) is 41.4 Å². The van der Waals surface area contributed by atoms with E-state index in [0.717, 1.165) is 22.3 Å². The van der Waals surface area contributed by atoms with Crippen molar-refractivity contribution in [2.75, 3.05) is 19.7 Å². The van der Waals surface area contributed by atoms with E-state index in [1.54, 1.807) is 4.90 Å². The first-order valence-electron chi connectivity index (χ1n) is 25.7. The first kappa shape index (κ1) is 55.1. The molecule has 394 valence electrons. The maximum atomic E-state index is 15.0. The fourth-order valence-electron chi connectivity index (χ4n) is 9.91. The SMILES string of the molecule is C[C@@H]1NC(=O)[C@H](CC(=O)NC(c2ccccc2)(c2ccccc2)c2ccccc2)NC(=O)CNC(=O)[C@H](Cc2ccccc2)NC(=O)[C@@H]2CCCN2[C@@H](C(=O)NC(C)(C)C)[C@@H]2[C@@H](CO[Si](C)(C)C(C)(C)C)N2C1=O. The van der Waals surface area contributed by atoms with Crippen molar-refractivity contribution in [2.45, 2.75) is 146 Å². The Hall–Kier alpha value is -6.69. The van der Waals surface area contributed by atoms with Crippen LogP contribution in [-0.4, -0.2) is 127 Å². The molecule has 3 saturated heterocycles. The zero-order chi connectivity index (χ0) is 53.6. The van der Waals surface area contributed by atoms with Crippen LogP contribution in [-0.2, 0) is 49.9 Å². The summed E-state index contributed by atoms with van der Waals surface area (Å²) in [6, 6.07) is 30.2. The molecule has 0 unspecified atom stereocenters. The van der Waals surface area contributed by atoms with Crippen molar-refractivity contribution in [3.05, 3.63) is 144 Å². The van der Waals surface area contributed by atoms with Crippen molar-refractivity contribution in [1.82, 2.24) is 41.7 Å². The van der Waals surface area contributed by atoms with E-state index in [9.17, 15) is 33.6 Å². The molecular weight excluding hydrogens is 953 g/mol. The Morgan fingerprint density at radius 1 is 0.689 bits per heavy atom. The lowest BCUT2D eigenvalue weighted by Crippen LogP contribution is -2.61. The molecule has 0 saturated carbocycles. The van der Waals surface area contributed by atoms with Gasteiger partial charge in [-0.1, -0.05) is 142 Å². The Morgan fingerprint density at radius 3 is 1.76 bits per heavy atom. The molecule has 3 fully saturated rings. The van der Waals surface area contributed by atoms with Gasteiger partial charge < -0.3 is 41.2 Å². The molecule has 0 radical (unpaired) electrons. The van der Waals surface area contributed by atoms with Gasteiger partial charge in [-0.15, -0.1) is 0 Å². The summed E-state index contributed by atoms with van der Waals surface area (Å²) < 4.78 is 6.75. The highest BCUT2D eigenvalue weighted by Gasteiger charge is 2.61. The summed E-state index contributed by atoms with van der Waals surface area (Å²) in [5.41, 5.74) is 1.00. The maximum absolute atomic E-state index is 15.0. The first-order chi connectivity index (χ1) is 35.0. The minimum atomic E-state index is -2.42. The summed E-state index contributed by atoms with van der Waals surface area (Å²) >= 11 is 0. The van der Waals surface area contributed by atoms with E-state index in [-0.39, 0.29) is 24.0 Å². The normalized spacial score (nSPS) is 23.7. The Balaban J connectivity index is 1.27.